The van der Waals surface area contributed by atoms with Gasteiger partial charge in [0.1, 0.15) is 5.75 Å². The Morgan fingerprint density at radius 1 is 1.14 bits per heavy atom. The maximum Gasteiger partial charge on any atom is 0.262 e. The molecular weight excluding hydrogens is 309 g/mol. The predicted molar refractivity (Wildman–Crippen MR) is 86.5 cm³/mol. The van der Waals surface area contributed by atoms with Crippen molar-refractivity contribution in [1.29, 1.82) is 0 Å². The third-order valence-electron chi connectivity index (χ3n) is 2.88. The Morgan fingerprint density at radius 2 is 1.81 bits per heavy atom. The molecule has 0 aliphatic carbocycles. The number of ether oxygens (including phenoxy) is 1. The molecule has 0 saturated carbocycles. The molecule has 0 spiro atoms. The van der Waals surface area contributed by atoms with Crippen LogP contribution >= 0.6 is 23.2 Å². The zero-order valence-electron chi connectivity index (χ0n) is 11.7. The Kier molecular flexibility index (Phi) is 5.10. The van der Waals surface area contributed by atoms with Gasteiger partial charge in [-0.3, -0.25) is 4.79 Å². The summed E-state index contributed by atoms with van der Waals surface area (Å²) in [6, 6.07) is 10.9. The molecular formula is C16H15Cl2NO2. The minimum atomic E-state index is -0.246. The van der Waals surface area contributed by atoms with Gasteiger partial charge >= 0.3 is 0 Å². The van der Waals surface area contributed by atoms with E-state index in [-0.39, 0.29) is 12.5 Å². The number of nitrogens with one attached hydrogen (secondary N) is 1. The standard InChI is InChI=1S/C16H15Cl2NO2/c1-10-3-5-13(6-4-10)19-15(20)9-21-16-11(2)7-12(17)8-14(16)18/h3-8H,9H2,1-2H3,(H,19,20). The fraction of sp³-hybridized carbons (Fsp3) is 0.188. The van der Waals surface area contributed by atoms with Crippen molar-refractivity contribution in [2.45, 2.75) is 13.8 Å². The third-order valence-corrected chi connectivity index (χ3v) is 3.38. The van der Waals surface area contributed by atoms with Crippen LogP contribution in [0.2, 0.25) is 10.0 Å². The number of halogens is 2. The number of benzene rings is 2. The Labute approximate surface area is 133 Å². The molecule has 0 radical (unpaired) electrons. The minimum absolute atomic E-state index is 0.115. The average Bonchev–Trinajstić information content (AvgIpc) is 2.40. The summed E-state index contributed by atoms with van der Waals surface area (Å²) in [4.78, 5) is 11.9. The molecule has 3 nitrogen and oxygen atoms in total. The Bertz CT molecular complexity index is 631. The number of hydrogen-bond donors (Lipinski definition) is 1. The summed E-state index contributed by atoms with van der Waals surface area (Å²) in [6.07, 6.45) is 0. The average molecular weight is 324 g/mol. The van der Waals surface area contributed by atoms with Crippen molar-refractivity contribution in [3.8, 4) is 5.75 Å². The van der Waals surface area contributed by atoms with Crippen molar-refractivity contribution < 1.29 is 9.53 Å². The van der Waals surface area contributed by atoms with E-state index in [0.29, 0.717) is 15.8 Å². The van der Waals surface area contributed by atoms with Gasteiger partial charge in [0.05, 0.1) is 5.02 Å². The number of hydrogen-bond acceptors (Lipinski definition) is 2. The van der Waals surface area contributed by atoms with Gasteiger partial charge in [0.15, 0.2) is 6.61 Å². The van der Waals surface area contributed by atoms with Crippen LogP contribution < -0.4 is 10.1 Å². The van der Waals surface area contributed by atoms with E-state index in [0.717, 1.165) is 16.8 Å². The van der Waals surface area contributed by atoms with E-state index >= 15 is 0 Å². The lowest BCUT2D eigenvalue weighted by molar-refractivity contribution is -0.118. The number of amides is 1. The molecule has 2 aromatic carbocycles. The zero-order chi connectivity index (χ0) is 15.4. The second kappa shape index (κ2) is 6.83. The van der Waals surface area contributed by atoms with Crippen LogP contribution in [0.3, 0.4) is 0 Å². The largest absolute Gasteiger partial charge is 0.482 e. The van der Waals surface area contributed by atoms with Gasteiger partial charge in [-0.05, 0) is 43.7 Å². The molecule has 1 amide bonds. The van der Waals surface area contributed by atoms with Crippen LogP contribution in [0.25, 0.3) is 0 Å². The third kappa shape index (κ3) is 4.38. The molecule has 2 rings (SSSR count). The molecule has 110 valence electrons. The summed E-state index contributed by atoms with van der Waals surface area (Å²) in [6.45, 7) is 3.70. The van der Waals surface area contributed by atoms with Crippen molar-refractivity contribution in [2.75, 3.05) is 11.9 Å². The SMILES string of the molecule is Cc1ccc(NC(=O)COc2c(C)cc(Cl)cc2Cl)cc1. The van der Waals surface area contributed by atoms with E-state index in [4.69, 9.17) is 27.9 Å². The van der Waals surface area contributed by atoms with Crippen LogP contribution in [0.15, 0.2) is 36.4 Å². The summed E-state index contributed by atoms with van der Waals surface area (Å²) < 4.78 is 5.48. The van der Waals surface area contributed by atoms with Gasteiger partial charge in [-0.15, -0.1) is 0 Å². The molecule has 0 heterocycles. The fourth-order valence-corrected chi connectivity index (χ4v) is 2.49. The maximum atomic E-state index is 11.9. The van der Waals surface area contributed by atoms with E-state index in [2.05, 4.69) is 5.32 Å². The van der Waals surface area contributed by atoms with Crippen molar-refractivity contribution in [2.24, 2.45) is 0 Å². The van der Waals surface area contributed by atoms with Gasteiger partial charge in [-0.2, -0.15) is 0 Å². The van der Waals surface area contributed by atoms with Crippen LogP contribution in [-0.4, -0.2) is 12.5 Å². The number of aryl methyl sites for hydroxylation is 2. The molecule has 0 saturated heterocycles. The van der Waals surface area contributed by atoms with Crippen LogP contribution in [0.1, 0.15) is 11.1 Å². The lowest BCUT2D eigenvalue weighted by Gasteiger charge is -2.11. The van der Waals surface area contributed by atoms with Crippen molar-refractivity contribution in [3.63, 3.8) is 0 Å². The molecule has 0 aliphatic rings. The number of anilines is 1. The number of carbonyl (C=O) groups excluding carboxylic acids is 1. The highest BCUT2D eigenvalue weighted by atomic mass is 35.5. The van der Waals surface area contributed by atoms with Crippen molar-refractivity contribution in [3.05, 3.63) is 57.6 Å². The van der Waals surface area contributed by atoms with Gasteiger partial charge in [-0.25, -0.2) is 0 Å². The lowest BCUT2D eigenvalue weighted by atomic mass is 10.2. The van der Waals surface area contributed by atoms with Gasteiger partial charge in [0, 0.05) is 10.7 Å². The molecule has 21 heavy (non-hydrogen) atoms. The smallest absolute Gasteiger partial charge is 0.262 e. The van der Waals surface area contributed by atoms with Gasteiger partial charge in [-0.1, -0.05) is 40.9 Å². The van der Waals surface area contributed by atoms with E-state index in [1.807, 2.05) is 38.1 Å². The molecule has 5 heteroatoms. The Balaban J connectivity index is 1.97. The van der Waals surface area contributed by atoms with E-state index in [1.165, 1.54) is 0 Å². The molecule has 0 unspecified atom stereocenters. The summed E-state index contributed by atoms with van der Waals surface area (Å²) in [5.41, 5.74) is 2.65. The number of carbonyl (C=O) groups is 1. The van der Waals surface area contributed by atoms with Crippen LogP contribution in [0, 0.1) is 13.8 Å². The quantitative estimate of drug-likeness (QED) is 0.890. The summed E-state index contributed by atoms with van der Waals surface area (Å²) in [5.74, 6) is 0.226. The van der Waals surface area contributed by atoms with Gasteiger partial charge in [0.2, 0.25) is 0 Å². The fourth-order valence-electron chi connectivity index (χ4n) is 1.84. The van der Waals surface area contributed by atoms with Gasteiger partial charge in [0.25, 0.3) is 5.91 Å². The minimum Gasteiger partial charge on any atom is -0.482 e. The second-order valence-electron chi connectivity index (χ2n) is 4.74. The topological polar surface area (TPSA) is 38.3 Å². The lowest BCUT2D eigenvalue weighted by Crippen LogP contribution is -2.20. The highest BCUT2D eigenvalue weighted by molar-refractivity contribution is 6.35. The van der Waals surface area contributed by atoms with Crippen LogP contribution in [-0.2, 0) is 4.79 Å². The molecule has 2 aromatic rings. The van der Waals surface area contributed by atoms with Crippen LogP contribution in [0.5, 0.6) is 5.75 Å². The zero-order valence-corrected chi connectivity index (χ0v) is 13.3. The summed E-state index contributed by atoms with van der Waals surface area (Å²) >= 11 is 11.9. The van der Waals surface area contributed by atoms with E-state index < -0.39 is 0 Å². The second-order valence-corrected chi connectivity index (χ2v) is 5.58. The normalized spacial score (nSPS) is 10.3. The summed E-state index contributed by atoms with van der Waals surface area (Å²) in [7, 11) is 0. The Morgan fingerprint density at radius 3 is 2.43 bits per heavy atom. The molecule has 1 N–H and O–H groups in total. The highest BCUT2D eigenvalue weighted by Crippen LogP contribution is 2.31. The Hall–Kier alpha value is -1.71. The maximum absolute atomic E-state index is 11.9. The molecule has 0 bridgehead atoms. The monoisotopic (exact) mass is 323 g/mol. The molecule has 0 fully saturated rings. The summed E-state index contributed by atoms with van der Waals surface area (Å²) in [5, 5.41) is 3.68. The van der Waals surface area contributed by atoms with Crippen LogP contribution in [0.4, 0.5) is 5.69 Å². The first-order chi connectivity index (χ1) is 9.95. The first kappa shape index (κ1) is 15.7. The molecule has 0 aromatic heterocycles. The first-order valence-electron chi connectivity index (χ1n) is 6.40. The predicted octanol–water partition coefficient (Wildman–Crippen LogP) is 4.63. The first-order valence-corrected chi connectivity index (χ1v) is 7.16. The van der Waals surface area contributed by atoms with Crippen molar-refractivity contribution >= 4 is 34.8 Å². The molecule has 0 aliphatic heterocycles. The van der Waals surface area contributed by atoms with Gasteiger partial charge < -0.3 is 10.1 Å². The number of rotatable bonds is 4. The van der Waals surface area contributed by atoms with E-state index in [9.17, 15) is 4.79 Å². The van der Waals surface area contributed by atoms with Crippen molar-refractivity contribution in [1.82, 2.24) is 0 Å². The molecule has 0 atom stereocenters. The highest BCUT2D eigenvalue weighted by Gasteiger charge is 2.10. The van der Waals surface area contributed by atoms with E-state index in [1.54, 1.807) is 12.1 Å².